The summed E-state index contributed by atoms with van der Waals surface area (Å²) in [6, 6.07) is 12.0. The van der Waals surface area contributed by atoms with Crippen molar-refractivity contribution in [1.29, 1.82) is 0 Å². The minimum absolute atomic E-state index is 0.106. The van der Waals surface area contributed by atoms with E-state index in [1.807, 2.05) is 0 Å². The number of anilines is 1. The maximum absolute atomic E-state index is 12.3. The molecule has 0 unspecified atom stereocenters. The van der Waals surface area contributed by atoms with Crippen molar-refractivity contribution in [2.75, 3.05) is 5.32 Å². The highest BCUT2D eigenvalue weighted by Gasteiger charge is 2.15. The highest BCUT2D eigenvalue weighted by Crippen LogP contribution is 2.17. The number of sulfonamides is 1. The summed E-state index contributed by atoms with van der Waals surface area (Å²) in [6.45, 7) is 1.37. The number of rotatable bonds is 4. The van der Waals surface area contributed by atoms with Gasteiger partial charge in [-0.15, -0.1) is 0 Å². The van der Waals surface area contributed by atoms with Crippen LogP contribution in [0.1, 0.15) is 27.6 Å². The SMILES string of the molecule is CC(=O)c1ccccc1C(=O)Nc1cccc(S(N)(=O)=O)c1. The van der Waals surface area contributed by atoms with E-state index in [0.29, 0.717) is 5.56 Å². The second-order valence-electron chi connectivity index (χ2n) is 4.63. The van der Waals surface area contributed by atoms with Gasteiger partial charge in [-0.3, -0.25) is 9.59 Å². The Morgan fingerprint density at radius 1 is 1.00 bits per heavy atom. The molecule has 0 fully saturated rings. The highest BCUT2D eigenvalue weighted by atomic mass is 32.2. The van der Waals surface area contributed by atoms with Crippen molar-refractivity contribution >= 4 is 27.4 Å². The predicted octanol–water partition coefficient (Wildman–Crippen LogP) is 1.79. The van der Waals surface area contributed by atoms with E-state index in [0.717, 1.165) is 0 Å². The van der Waals surface area contributed by atoms with E-state index in [9.17, 15) is 18.0 Å². The van der Waals surface area contributed by atoms with Crippen LogP contribution in [0.5, 0.6) is 0 Å². The number of amides is 1. The van der Waals surface area contributed by atoms with E-state index < -0.39 is 15.9 Å². The number of nitrogens with two attached hydrogens (primary N) is 1. The van der Waals surface area contributed by atoms with Crippen molar-refractivity contribution < 1.29 is 18.0 Å². The number of hydrogen-bond donors (Lipinski definition) is 2. The lowest BCUT2D eigenvalue weighted by atomic mass is 10.0. The Bertz CT molecular complexity index is 844. The van der Waals surface area contributed by atoms with E-state index in [2.05, 4.69) is 5.32 Å². The monoisotopic (exact) mass is 318 g/mol. The molecule has 2 rings (SSSR count). The van der Waals surface area contributed by atoms with Gasteiger partial charge in [0.25, 0.3) is 5.91 Å². The van der Waals surface area contributed by atoms with Gasteiger partial charge in [-0.1, -0.05) is 24.3 Å². The van der Waals surface area contributed by atoms with E-state index >= 15 is 0 Å². The molecule has 0 saturated carbocycles. The predicted molar refractivity (Wildman–Crippen MR) is 82.2 cm³/mol. The summed E-state index contributed by atoms with van der Waals surface area (Å²) in [5, 5.41) is 7.60. The van der Waals surface area contributed by atoms with E-state index in [4.69, 9.17) is 5.14 Å². The quantitative estimate of drug-likeness (QED) is 0.838. The number of Topliss-reactive ketones (excluding diaryl/α,β-unsaturated/α-hetero) is 1. The fourth-order valence-electron chi connectivity index (χ4n) is 1.94. The van der Waals surface area contributed by atoms with Crippen molar-refractivity contribution in [2.45, 2.75) is 11.8 Å². The van der Waals surface area contributed by atoms with Gasteiger partial charge in [0.2, 0.25) is 10.0 Å². The van der Waals surface area contributed by atoms with Gasteiger partial charge < -0.3 is 5.32 Å². The van der Waals surface area contributed by atoms with Gasteiger partial charge >= 0.3 is 0 Å². The number of carbonyl (C=O) groups excluding carboxylic acids is 2. The van der Waals surface area contributed by atoms with Crippen LogP contribution in [0, 0.1) is 0 Å². The van der Waals surface area contributed by atoms with Crippen LogP contribution in [0.3, 0.4) is 0 Å². The molecule has 2 aromatic rings. The fourth-order valence-corrected chi connectivity index (χ4v) is 2.50. The van der Waals surface area contributed by atoms with Crippen molar-refractivity contribution in [3.63, 3.8) is 0 Å². The lowest BCUT2D eigenvalue weighted by molar-refractivity contribution is 0.0985. The van der Waals surface area contributed by atoms with Crippen LogP contribution < -0.4 is 10.5 Å². The Labute approximate surface area is 128 Å². The van der Waals surface area contributed by atoms with Gasteiger partial charge in [-0.05, 0) is 31.2 Å². The molecule has 0 heterocycles. The molecule has 0 aliphatic carbocycles. The molecule has 0 bridgehead atoms. The highest BCUT2D eigenvalue weighted by molar-refractivity contribution is 7.89. The summed E-state index contributed by atoms with van der Waals surface area (Å²) in [5.41, 5.74) is 0.786. The Kier molecular flexibility index (Phi) is 4.39. The van der Waals surface area contributed by atoms with E-state index in [1.54, 1.807) is 18.2 Å². The molecule has 3 N–H and O–H groups in total. The molecule has 0 saturated heterocycles. The Hall–Kier alpha value is -2.51. The zero-order valence-corrected chi connectivity index (χ0v) is 12.6. The van der Waals surface area contributed by atoms with Crippen LogP contribution in [0.15, 0.2) is 53.4 Å². The smallest absolute Gasteiger partial charge is 0.256 e. The van der Waals surface area contributed by atoms with Gasteiger partial charge in [0, 0.05) is 11.3 Å². The standard InChI is InChI=1S/C15H14N2O4S/c1-10(18)13-7-2-3-8-14(13)15(19)17-11-5-4-6-12(9-11)22(16,20)21/h2-9H,1H3,(H,17,19)(H2,16,20,21). The maximum atomic E-state index is 12.3. The van der Waals surface area contributed by atoms with E-state index in [-0.39, 0.29) is 21.9 Å². The van der Waals surface area contributed by atoms with Crippen molar-refractivity contribution in [3.05, 3.63) is 59.7 Å². The lowest BCUT2D eigenvalue weighted by Crippen LogP contribution is -2.17. The van der Waals surface area contributed by atoms with Crippen LogP contribution >= 0.6 is 0 Å². The van der Waals surface area contributed by atoms with Gasteiger partial charge in [0.05, 0.1) is 10.5 Å². The average Bonchev–Trinajstić information content (AvgIpc) is 2.46. The number of benzene rings is 2. The van der Waals surface area contributed by atoms with E-state index in [1.165, 1.54) is 37.3 Å². The van der Waals surface area contributed by atoms with Crippen LogP contribution in [-0.2, 0) is 10.0 Å². The third kappa shape index (κ3) is 3.57. The molecule has 114 valence electrons. The van der Waals surface area contributed by atoms with Gasteiger partial charge in [0.15, 0.2) is 5.78 Å². The molecular formula is C15H14N2O4S. The summed E-state index contributed by atoms with van der Waals surface area (Å²) in [6.07, 6.45) is 0. The molecule has 0 spiro atoms. The number of carbonyl (C=O) groups is 2. The molecule has 7 heteroatoms. The van der Waals surface area contributed by atoms with Crippen molar-refractivity contribution in [1.82, 2.24) is 0 Å². The van der Waals surface area contributed by atoms with Crippen LogP contribution in [0.25, 0.3) is 0 Å². The van der Waals surface area contributed by atoms with Gasteiger partial charge in [-0.25, -0.2) is 13.6 Å². The fraction of sp³-hybridized carbons (Fsp3) is 0.0667. The molecule has 6 nitrogen and oxygen atoms in total. The Morgan fingerprint density at radius 3 is 2.23 bits per heavy atom. The topological polar surface area (TPSA) is 106 Å². The van der Waals surface area contributed by atoms with Crippen LogP contribution in [0.2, 0.25) is 0 Å². The lowest BCUT2D eigenvalue weighted by Gasteiger charge is -2.09. The summed E-state index contributed by atoms with van der Waals surface area (Å²) < 4.78 is 22.6. The Morgan fingerprint density at radius 2 is 1.64 bits per heavy atom. The molecule has 0 aromatic heterocycles. The normalized spacial score (nSPS) is 11.0. The third-order valence-electron chi connectivity index (χ3n) is 2.97. The summed E-state index contributed by atoms with van der Waals surface area (Å²) in [4.78, 5) is 23.7. The first-order valence-electron chi connectivity index (χ1n) is 6.33. The summed E-state index contributed by atoms with van der Waals surface area (Å²) in [7, 11) is -3.85. The Balaban J connectivity index is 2.33. The minimum Gasteiger partial charge on any atom is -0.322 e. The number of nitrogens with one attached hydrogen (secondary N) is 1. The molecule has 0 aliphatic rings. The molecule has 2 aromatic carbocycles. The number of hydrogen-bond acceptors (Lipinski definition) is 4. The molecule has 22 heavy (non-hydrogen) atoms. The van der Waals surface area contributed by atoms with Crippen LogP contribution in [0.4, 0.5) is 5.69 Å². The van der Waals surface area contributed by atoms with Crippen molar-refractivity contribution in [3.8, 4) is 0 Å². The number of ketones is 1. The second kappa shape index (κ2) is 6.08. The largest absolute Gasteiger partial charge is 0.322 e. The van der Waals surface area contributed by atoms with Crippen LogP contribution in [-0.4, -0.2) is 20.1 Å². The zero-order chi connectivity index (χ0) is 16.3. The first-order valence-corrected chi connectivity index (χ1v) is 7.88. The summed E-state index contributed by atoms with van der Waals surface area (Å²) in [5.74, 6) is -0.735. The zero-order valence-electron chi connectivity index (χ0n) is 11.7. The van der Waals surface area contributed by atoms with Gasteiger partial charge in [0.1, 0.15) is 0 Å². The number of primary sulfonamides is 1. The molecule has 1 amide bonds. The first kappa shape index (κ1) is 15.9. The third-order valence-corrected chi connectivity index (χ3v) is 3.88. The first-order chi connectivity index (χ1) is 10.3. The minimum atomic E-state index is -3.85. The molecule has 0 aliphatic heterocycles. The molecule has 0 radical (unpaired) electrons. The van der Waals surface area contributed by atoms with Crippen molar-refractivity contribution in [2.24, 2.45) is 5.14 Å². The average molecular weight is 318 g/mol. The maximum Gasteiger partial charge on any atom is 0.256 e. The molecular weight excluding hydrogens is 304 g/mol. The summed E-state index contributed by atoms with van der Waals surface area (Å²) >= 11 is 0. The second-order valence-corrected chi connectivity index (χ2v) is 6.19. The van der Waals surface area contributed by atoms with Gasteiger partial charge in [-0.2, -0.15) is 0 Å². The molecule has 0 atom stereocenters.